The SMILES string of the molecule is CCOC(Cc1ccc(OCCN(CCCOc2ccc(F)cc2)C(=O)Oc2ccccc2F)cc1)C(=O)O. The van der Waals surface area contributed by atoms with Crippen molar-refractivity contribution >= 4 is 12.1 Å². The Balaban J connectivity index is 1.54. The summed E-state index contributed by atoms with van der Waals surface area (Å²) in [5, 5.41) is 9.25. The third-order valence-corrected chi connectivity index (χ3v) is 5.56. The molecule has 208 valence electrons. The first-order valence-corrected chi connectivity index (χ1v) is 12.5. The van der Waals surface area contributed by atoms with E-state index in [9.17, 15) is 23.5 Å². The van der Waals surface area contributed by atoms with Gasteiger partial charge in [-0.05, 0) is 67.4 Å². The van der Waals surface area contributed by atoms with Gasteiger partial charge >= 0.3 is 12.1 Å². The van der Waals surface area contributed by atoms with E-state index in [2.05, 4.69) is 0 Å². The number of carbonyl (C=O) groups is 2. The molecule has 0 bridgehead atoms. The van der Waals surface area contributed by atoms with Gasteiger partial charge in [-0.25, -0.2) is 18.4 Å². The molecular formula is C29H31F2NO7. The van der Waals surface area contributed by atoms with E-state index in [1.165, 1.54) is 47.4 Å². The molecule has 8 nitrogen and oxygen atoms in total. The molecule has 1 unspecified atom stereocenters. The van der Waals surface area contributed by atoms with Gasteiger partial charge in [-0.2, -0.15) is 0 Å². The molecule has 1 N–H and O–H groups in total. The van der Waals surface area contributed by atoms with E-state index in [4.69, 9.17) is 18.9 Å². The van der Waals surface area contributed by atoms with Gasteiger partial charge in [0.25, 0.3) is 0 Å². The molecule has 0 saturated carbocycles. The highest BCUT2D eigenvalue weighted by Crippen LogP contribution is 2.18. The average molecular weight is 544 g/mol. The van der Waals surface area contributed by atoms with Crippen LogP contribution in [0.5, 0.6) is 17.2 Å². The Kier molecular flexibility index (Phi) is 11.5. The number of aliphatic carboxylic acids is 1. The van der Waals surface area contributed by atoms with Crippen LogP contribution < -0.4 is 14.2 Å². The molecule has 3 aromatic rings. The Morgan fingerprint density at radius 2 is 1.51 bits per heavy atom. The second-order valence-electron chi connectivity index (χ2n) is 8.42. The number of carboxylic acids is 1. The molecule has 0 heterocycles. The van der Waals surface area contributed by atoms with E-state index in [1.807, 2.05) is 0 Å². The molecule has 0 aliphatic carbocycles. The summed E-state index contributed by atoms with van der Waals surface area (Å²) in [7, 11) is 0. The lowest BCUT2D eigenvalue weighted by atomic mass is 10.1. The molecule has 0 aromatic heterocycles. The van der Waals surface area contributed by atoms with Crippen LogP contribution in [-0.2, 0) is 16.0 Å². The van der Waals surface area contributed by atoms with Crippen molar-refractivity contribution in [1.29, 1.82) is 0 Å². The zero-order chi connectivity index (χ0) is 28.0. The summed E-state index contributed by atoms with van der Waals surface area (Å²) in [5.74, 6) is -1.20. The standard InChI is InChI=1S/C29H31F2NO7/c1-2-36-27(28(33)34)20-21-8-12-23(13-9-21)38-19-17-32(29(35)39-26-7-4-3-6-25(26)31)16-5-18-37-24-14-10-22(30)11-15-24/h3-4,6-15,27H,2,5,16-20H2,1H3,(H,33,34). The molecule has 0 saturated heterocycles. The maximum Gasteiger partial charge on any atom is 0.415 e. The lowest BCUT2D eigenvalue weighted by Gasteiger charge is -2.22. The van der Waals surface area contributed by atoms with Gasteiger partial charge < -0.3 is 29.0 Å². The first kappa shape index (κ1) is 29.4. The fraction of sp³-hybridized carbons (Fsp3) is 0.310. The Hall–Kier alpha value is -4.18. The third kappa shape index (κ3) is 9.90. The van der Waals surface area contributed by atoms with Gasteiger partial charge in [0.1, 0.15) is 23.9 Å². The van der Waals surface area contributed by atoms with E-state index in [0.29, 0.717) is 24.5 Å². The Morgan fingerprint density at radius 3 is 2.15 bits per heavy atom. The Labute approximate surface area is 225 Å². The number of hydrogen-bond acceptors (Lipinski definition) is 6. The minimum absolute atomic E-state index is 0.126. The zero-order valence-electron chi connectivity index (χ0n) is 21.6. The van der Waals surface area contributed by atoms with Crippen molar-refractivity contribution in [3.8, 4) is 17.2 Å². The monoisotopic (exact) mass is 543 g/mol. The molecule has 10 heteroatoms. The molecule has 3 rings (SSSR count). The summed E-state index contributed by atoms with van der Waals surface area (Å²) in [5.41, 5.74) is 0.777. The van der Waals surface area contributed by atoms with E-state index < -0.39 is 24.0 Å². The predicted octanol–water partition coefficient (Wildman–Crippen LogP) is 5.35. The van der Waals surface area contributed by atoms with Gasteiger partial charge in [-0.15, -0.1) is 0 Å². The van der Waals surface area contributed by atoms with E-state index >= 15 is 0 Å². The second kappa shape index (κ2) is 15.3. The topological polar surface area (TPSA) is 94.5 Å². The molecule has 1 atom stereocenters. The van der Waals surface area contributed by atoms with Crippen LogP contribution in [0.1, 0.15) is 18.9 Å². The number of nitrogens with zero attached hydrogens (tertiary/aromatic N) is 1. The third-order valence-electron chi connectivity index (χ3n) is 5.56. The molecular weight excluding hydrogens is 512 g/mol. The summed E-state index contributed by atoms with van der Waals surface area (Å²) in [6, 6.07) is 18.1. The van der Waals surface area contributed by atoms with Crippen molar-refractivity contribution in [2.75, 3.05) is 32.9 Å². The van der Waals surface area contributed by atoms with Crippen LogP contribution in [0, 0.1) is 11.6 Å². The zero-order valence-corrected chi connectivity index (χ0v) is 21.6. The molecule has 0 aliphatic heterocycles. The van der Waals surface area contributed by atoms with Crippen molar-refractivity contribution in [3.63, 3.8) is 0 Å². The van der Waals surface area contributed by atoms with E-state index in [1.54, 1.807) is 37.3 Å². The highest BCUT2D eigenvalue weighted by Gasteiger charge is 2.19. The first-order valence-electron chi connectivity index (χ1n) is 12.5. The van der Waals surface area contributed by atoms with Crippen molar-refractivity contribution in [3.05, 3.63) is 90.0 Å². The highest BCUT2D eigenvalue weighted by atomic mass is 19.1. The normalized spacial score (nSPS) is 11.5. The number of amides is 1. The number of benzene rings is 3. The lowest BCUT2D eigenvalue weighted by molar-refractivity contribution is -0.149. The van der Waals surface area contributed by atoms with Crippen LogP contribution in [0.2, 0.25) is 0 Å². The van der Waals surface area contributed by atoms with Gasteiger partial charge in [0.2, 0.25) is 0 Å². The van der Waals surface area contributed by atoms with Gasteiger partial charge in [0, 0.05) is 19.6 Å². The highest BCUT2D eigenvalue weighted by molar-refractivity contribution is 5.72. The summed E-state index contributed by atoms with van der Waals surface area (Å²) in [4.78, 5) is 25.5. The van der Waals surface area contributed by atoms with Crippen LogP contribution in [0.25, 0.3) is 0 Å². The number of rotatable bonds is 15. The van der Waals surface area contributed by atoms with Crippen LogP contribution >= 0.6 is 0 Å². The fourth-order valence-corrected chi connectivity index (χ4v) is 3.58. The van der Waals surface area contributed by atoms with Gasteiger partial charge in [-0.1, -0.05) is 24.3 Å². The average Bonchev–Trinajstić information content (AvgIpc) is 2.92. The van der Waals surface area contributed by atoms with Crippen LogP contribution in [-0.4, -0.2) is 61.1 Å². The largest absolute Gasteiger partial charge is 0.494 e. The number of para-hydroxylation sites is 1. The Morgan fingerprint density at radius 1 is 0.872 bits per heavy atom. The van der Waals surface area contributed by atoms with Crippen molar-refractivity contribution in [2.45, 2.75) is 25.9 Å². The molecule has 0 radical (unpaired) electrons. The van der Waals surface area contributed by atoms with Gasteiger partial charge in [0.05, 0.1) is 13.2 Å². The lowest BCUT2D eigenvalue weighted by Crippen LogP contribution is -2.38. The minimum atomic E-state index is -1.03. The Bertz CT molecular complexity index is 1190. The number of carboxylic acid groups (broad SMARTS) is 1. The predicted molar refractivity (Wildman–Crippen MR) is 139 cm³/mol. The van der Waals surface area contributed by atoms with Gasteiger partial charge in [-0.3, -0.25) is 0 Å². The fourth-order valence-electron chi connectivity index (χ4n) is 3.58. The molecule has 0 spiro atoms. The van der Waals surface area contributed by atoms with Crippen molar-refractivity contribution in [1.82, 2.24) is 4.90 Å². The maximum atomic E-state index is 14.0. The number of hydrogen-bond donors (Lipinski definition) is 1. The summed E-state index contributed by atoms with van der Waals surface area (Å²) in [6.07, 6.45) is -1.01. The van der Waals surface area contributed by atoms with Crippen LogP contribution in [0.15, 0.2) is 72.8 Å². The summed E-state index contributed by atoms with van der Waals surface area (Å²) >= 11 is 0. The second-order valence-corrected chi connectivity index (χ2v) is 8.42. The molecule has 39 heavy (non-hydrogen) atoms. The molecule has 0 aliphatic rings. The number of ether oxygens (including phenoxy) is 4. The van der Waals surface area contributed by atoms with Gasteiger partial charge in [0.15, 0.2) is 17.7 Å². The molecule has 1 amide bonds. The first-order chi connectivity index (χ1) is 18.9. The maximum absolute atomic E-state index is 14.0. The van der Waals surface area contributed by atoms with E-state index in [0.717, 1.165) is 5.56 Å². The molecule has 0 fully saturated rings. The van der Waals surface area contributed by atoms with Crippen molar-refractivity contribution in [2.24, 2.45) is 0 Å². The van der Waals surface area contributed by atoms with Crippen LogP contribution in [0.4, 0.5) is 13.6 Å². The summed E-state index contributed by atoms with van der Waals surface area (Å²) < 4.78 is 48.9. The number of carbonyl (C=O) groups excluding carboxylic acids is 1. The summed E-state index contributed by atoms with van der Waals surface area (Å²) in [6.45, 7) is 2.81. The molecule has 3 aromatic carbocycles. The van der Waals surface area contributed by atoms with Crippen molar-refractivity contribution < 1.29 is 42.4 Å². The smallest absolute Gasteiger partial charge is 0.415 e. The van der Waals surface area contributed by atoms with Crippen LogP contribution in [0.3, 0.4) is 0 Å². The quantitative estimate of drug-likeness (QED) is 0.259. The van der Waals surface area contributed by atoms with E-state index in [-0.39, 0.29) is 44.3 Å². The minimum Gasteiger partial charge on any atom is -0.494 e. The number of halogens is 2.